The Morgan fingerprint density at radius 3 is 1.29 bits per heavy atom. The van der Waals surface area contributed by atoms with Gasteiger partial charge in [-0.2, -0.15) is 0 Å². The molecule has 0 bridgehead atoms. The van der Waals surface area contributed by atoms with Crippen molar-refractivity contribution in [3.8, 4) is 0 Å². The van der Waals surface area contributed by atoms with Crippen LogP contribution in [-0.2, 0) is 28.6 Å². The topological polar surface area (TPSA) is 78.9 Å². The average molecular weight is 807 g/mol. The van der Waals surface area contributed by atoms with Gasteiger partial charge in [0.2, 0.25) is 0 Å². The number of rotatable bonds is 41. The van der Waals surface area contributed by atoms with E-state index >= 15 is 0 Å². The molecule has 0 aliphatic rings. The minimum absolute atomic E-state index is 0.106. The van der Waals surface area contributed by atoms with Gasteiger partial charge in [0.15, 0.2) is 6.10 Å². The van der Waals surface area contributed by atoms with Crippen LogP contribution in [0.2, 0.25) is 0 Å². The number of unbranched alkanes of at least 4 members (excludes halogenated alkanes) is 19. The van der Waals surface area contributed by atoms with Gasteiger partial charge >= 0.3 is 17.9 Å². The molecule has 1 atom stereocenters. The molecule has 0 aromatic carbocycles. The van der Waals surface area contributed by atoms with Gasteiger partial charge < -0.3 is 14.2 Å². The lowest BCUT2D eigenvalue weighted by molar-refractivity contribution is -0.167. The number of carbonyl (C=O) groups excluding carboxylic acids is 3. The molecule has 0 saturated heterocycles. The van der Waals surface area contributed by atoms with Crippen molar-refractivity contribution in [1.29, 1.82) is 0 Å². The molecule has 0 rings (SSSR count). The van der Waals surface area contributed by atoms with Gasteiger partial charge in [-0.15, -0.1) is 0 Å². The van der Waals surface area contributed by atoms with Crippen molar-refractivity contribution >= 4 is 17.9 Å². The zero-order valence-corrected chi connectivity index (χ0v) is 37.5. The predicted octanol–water partition coefficient (Wildman–Crippen LogP) is 15.3. The van der Waals surface area contributed by atoms with Crippen molar-refractivity contribution in [2.75, 3.05) is 13.2 Å². The molecule has 0 amide bonds. The lowest BCUT2D eigenvalue weighted by Gasteiger charge is -2.18. The van der Waals surface area contributed by atoms with Gasteiger partial charge in [0.05, 0.1) is 0 Å². The number of hydrogen-bond donors (Lipinski definition) is 0. The minimum Gasteiger partial charge on any atom is -0.462 e. The van der Waals surface area contributed by atoms with Crippen molar-refractivity contribution < 1.29 is 28.6 Å². The van der Waals surface area contributed by atoms with Gasteiger partial charge in [-0.25, -0.2) is 0 Å². The largest absolute Gasteiger partial charge is 0.462 e. The van der Waals surface area contributed by atoms with Crippen molar-refractivity contribution in [3.05, 3.63) is 85.1 Å². The highest BCUT2D eigenvalue weighted by Gasteiger charge is 2.19. The Balaban J connectivity index is 4.45. The van der Waals surface area contributed by atoms with Gasteiger partial charge in [0.1, 0.15) is 13.2 Å². The van der Waals surface area contributed by atoms with Crippen LogP contribution in [0.25, 0.3) is 0 Å². The average Bonchev–Trinajstić information content (AvgIpc) is 3.22. The minimum atomic E-state index is -0.805. The molecule has 0 N–H and O–H groups in total. The Morgan fingerprint density at radius 1 is 0.379 bits per heavy atom. The van der Waals surface area contributed by atoms with Crippen LogP contribution in [0.5, 0.6) is 0 Å². The standard InChI is InChI=1S/C52H86O6/c1-4-7-10-13-16-19-21-23-24-25-26-27-29-30-33-36-39-42-45-51(54)57-48-49(47-56-50(53)44-41-38-35-32-18-15-12-9-6-3)58-52(55)46-43-40-37-34-31-28-22-20-17-14-11-8-5-2/h9,12,16,18-19,21,23-28,31-32,49H,4-8,10-11,13-15,17,20,22,29-30,33-48H2,1-3H3/b12-9-,19-16-,23-21-,25-24-,27-26-,31-28-,32-18-. The highest BCUT2D eigenvalue weighted by atomic mass is 16.6. The normalized spacial score (nSPS) is 12.8. The molecule has 0 aliphatic heterocycles. The summed E-state index contributed by atoms with van der Waals surface area (Å²) in [6.45, 7) is 6.38. The molecule has 0 aromatic rings. The lowest BCUT2D eigenvalue weighted by atomic mass is 10.1. The van der Waals surface area contributed by atoms with Gasteiger partial charge in [0.25, 0.3) is 0 Å². The Kier molecular flexibility index (Phi) is 43.6. The molecule has 0 spiro atoms. The van der Waals surface area contributed by atoms with E-state index in [0.29, 0.717) is 19.3 Å². The zero-order valence-electron chi connectivity index (χ0n) is 37.5. The van der Waals surface area contributed by atoms with Crippen molar-refractivity contribution in [1.82, 2.24) is 0 Å². The first-order chi connectivity index (χ1) is 28.5. The summed E-state index contributed by atoms with van der Waals surface area (Å²) in [5, 5.41) is 0. The summed E-state index contributed by atoms with van der Waals surface area (Å²) >= 11 is 0. The summed E-state index contributed by atoms with van der Waals surface area (Å²) in [5.74, 6) is -0.988. The van der Waals surface area contributed by atoms with Crippen LogP contribution in [0.1, 0.15) is 207 Å². The number of ether oxygens (including phenoxy) is 3. The Hall–Kier alpha value is -3.41. The molecular weight excluding hydrogens is 721 g/mol. The van der Waals surface area contributed by atoms with Gasteiger partial charge in [-0.1, -0.05) is 176 Å². The first kappa shape index (κ1) is 54.6. The molecule has 330 valence electrons. The van der Waals surface area contributed by atoms with Crippen LogP contribution < -0.4 is 0 Å². The molecule has 6 heteroatoms. The third kappa shape index (κ3) is 43.7. The lowest BCUT2D eigenvalue weighted by Crippen LogP contribution is -2.30. The summed E-state index contributed by atoms with van der Waals surface area (Å²) in [6, 6.07) is 0. The van der Waals surface area contributed by atoms with Crippen LogP contribution in [0.3, 0.4) is 0 Å². The van der Waals surface area contributed by atoms with Crippen LogP contribution in [-0.4, -0.2) is 37.2 Å². The summed E-state index contributed by atoms with van der Waals surface area (Å²) in [6.07, 6.45) is 58.6. The summed E-state index contributed by atoms with van der Waals surface area (Å²) in [4.78, 5) is 37.7. The van der Waals surface area contributed by atoms with E-state index in [1.54, 1.807) is 0 Å². The molecule has 0 heterocycles. The van der Waals surface area contributed by atoms with E-state index in [1.165, 1.54) is 57.8 Å². The Bertz CT molecular complexity index is 1160. The second-order valence-electron chi connectivity index (χ2n) is 15.4. The van der Waals surface area contributed by atoms with Crippen LogP contribution in [0, 0.1) is 0 Å². The van der Waals surface area contributed by atoms with Gasteiger partial charge in [0, 0.05) is 19.3 Å². The molecular formula is C52H86O6. The SMILES string of the molecule is CC/C=C\C/C=C\CCCCC(=O)OCC(COC(=O)CCCCCCC\C=C/C=C\C=C/C=C\CCCCC)OC(=O)CCCCC/C=C\CCCCCCCC. The fraction of sp³-hybridized carbons (Fsp3) is 0.673. The van der Waals surface area contributed by atoms with Crippen LogP contribution >= 0.6 is 0 Å². The van der Waals surface area contributed by atoms with Crippen LogP contribution in [0.15, 0.2) is 85.1 Å². The van der Waals surface area contributed by atoms with Crippen molar-refractivity contribution in [2.24, 2.45) is 0 Å². The van der Waals surface area contributed by atoms with Gasteiger partial charge in [-0.3, -0.25) is 14.4 Å². The summed E-state index contributed by atoms with van der Waals surface area (Å²) < 4.78 is 16.6. The van der Waals surface area contributed by atoms with E-state index in [-0.39, 0.29) is 31.1 Å². The Labute approximate surface area is 356 Å². The first-order valence-corrected chi connectivity index (χ1v) is 23.6. The third-order valence-corrected chi connectivity index (χ3v) is 9.70. The molecule has 6 nitrogen and oxygen atoms in total. The van der Waals surface area contributed by atoms with Crippen molar-refractivity contribution in [2.45, 2.75) is 213 Å². The number of allylic oxidation sites excluding steroid dienone is 14. The monoisotopic (exact) mass is 807 g/mol. The van der Waals surface area contributed by atoms with E-state index in [4.69, 9.17) is 14.2 Å². The molecule has 0 aliphatic carbocycles. The molecule has 0 fully saturated rings. The van der Waals surface area contributed by atoms with E-state index in [2.05, 4.69) is 106 Å². The van der Waals surface area contributed by atoms with Crippen LogP contribution in [0.4, 0.5) is 0 Å². The maximum absolute atomic E-state index is 12.7. The number of carbonyl (C=O) groups is 3. The molecule has 1 unspecified atom stereocenters. The molecule has 0 radical (unpaired) electrons. The maximum Gasteiger partial charge on any atom is 0.306 e. The summed E-state index contributed by atoms with van der Waals surface area (Å²) in [7, 11) is 0. The quantitative estimate of drug-likeness (QED) is 0.0201. The molecule has 0 aromatic heterocycles. The molecule has 58 heavy (non-hydrogen) atoms. The Morgan fingerprint density at radius 2 is 0.741 bits per heavy atom. The fourth-order valence-electron chi connectivity index (χ4n) is 6.13. The first-order valence-electron chi connectivity index (χ1n) is 23.6. The fourth-order valence-corrected chi connectivity index (χ4v) is 6.13. The highest BCUT2D eigenvalue weighted by Crippen LogP contribution is 2.12. The van der Waals surface area contributed by atoms with Gasteiger partial charge in [-0.05, 0) is 96.3 Å². The number of hydrogen-bond acceptors (Lipinski definition) is 6. The summed E-state index contributed by atoms with van der Waals surface area (Å²) in [5.41, 5.74) is 0. The number of esters is 3. The molecule has 0 saturated carbocycles. The third-order valence-electron chi connectivity index (χ3n) is 9.70. The van der Waals surface area contributed by atoms with E-state index in [9.17, 15) is 14.4 Å². The van der Waals surface area contributed by atoms with E-state index < -0.39 is 6.10 Å². The maximum atomic E-state index is 12.7. The van der Waals surface area contributed by atoms with Crippen molar-refractivity contribution in [3.63, 3.8) is 0 Å². The van der Waals surface area contributed by atoms with E-state index in [1.807, 2.05) is 0 Å². The zero-order chi connectivity index (χ0) is 42.3. The predicted molar refractivity (Wildman–Crippen MR) is 247 cm³/mol. The second kappa shape index (κ2) is 46.3. The second-order valence-corrected chi connectivity index (χ2v) is 15.4. The van der Waals surface area contributed by atoms with E-state index in [0.717, 1.165) is 109 Å². The highest BCUT2D eigenvalue weighted by molar-refractivity contribution is 5.71. The smallest absolute Gasteiger partial charge is 0.306 e.